The molecule has 2 aromatic heterocycles. The molecular weight excluding hydrogens is 594 g/mol. The number of rotatable bonds is 5. The van der Waals surface area contributed by atoms with Gasteiger partial charge in [-0.3, -0.25) is 0 Å². The number of aromatic nitrogens is 4. The smallest absolute Gasteiger partial charge is 0.240 e. The fourth-order valence-corrected chi connectivity index (χ4v) is 6.09. The molecule has 218 valence electrons. The summed E-state index contributed by atoms with van der Waals surface area (Å²) in [5.74, 6) is -0.127. The minimum absolute atomic E-state index is 0.127. The number of fused-ring (bicyclic) bond motifs is 1. The Bertz CT molecular complexity index is 2050. The lowest BCUT2D eigenvalue weighted by molar-refractivity contribution is -0.138. The van der Waals surface area contributed by atoms with E-state index in [1.165, 1.54) is 29.1 Å². The van der Waals surface area contributed by atoms with E-state index >= 15 is 0 Å². The number of hydrogen-bond acceptors (Lipinski definition) is 4. The first-order valence-corrected chi connectivity index (χ1v) is 14.0. The van der Waals surface area contributed by atoms with Crippen LogP contribution >= 0.6 is 0 Å². The van der Waals surface area contributed by atoms with Gasteiger partial charge in [0.15, 0.2) is 5.82 Å². The molecule has 2 heterocycles. The van der Waals surface area contributed by atoms with E-state index in [1.54, 1.807) is 48.5 Å². The molecular formula is C30H18F6N4O2S. The highest BCUT2D eigenvalue weighted by molar-refractivity contribution is 7.90. The highest BCUT2D eigenvalue weighted by Gasteiger charge is 2.33. The molecule has 0 radical (unpaired) electrons. The zero-order valence-electron chi connectivity index (χ0n) is 21.7. The van der Waals surface area contributed by atoms with Crippen LogP contribution in [0.15, 0.2) is 114 Å². The summed E-state index contributed by atoms with van der Waals surface area (Å²) in [4.78, 5) is 4.13. The van der Waals surface area contributed by atoms with Gasteiger partial charge < -0.3 is 0 Å². The van der Waals surface area contributed by atoms with Gasteiger partial charge in [-0.2, -0.15) is 31.4 Å². The third-order valence-electron chi connectivity index (χ3n) is 6.70. The van der Waals surface area contributed by atoms with E-state index in [0.717, 1.165) is 28.2 Å². The van der Waals surface area contributed by atoms with Gasteiger partial charge >= 0.3 is 12.4 Å². The lowest BCUT2D eigenvalue weighted by Crippen LogP contribution is -2.15. The van der Waals surface area contributed by atoms with Gasteiger partial charge in [-0.15, -0.1) is 0 Å². The van der Waals surface area contributed by atoms with E-state index in [0.29, 0.717) is 17.8 Å². The van der Waals surface area contributed by atoms with Crippen LogP contribution in [0.4, 0.5) is 26.3 Å². The minimum atomic E-state index is -4.67. The van der Waals surface area contributed by atoms with E-state index in [4.69, 9.17) is 0 Å². The summed E-state index contributed by atoms with van der Waals surface area (Å²) in [6.45, 7) is 0. The summed E-state index contributed by atoms with van der Waals surface area (Å²) >= 11 is 0. The van der Waals surface area contributed by atoms with Crippen molar-refractivity contribution in [1.29, 1.82) is 0 Å². The average Bonchev–Trinajstić information content (AvgIpc) is 3.60. The van der Waals surface area contributed by atoms with Crippen LogP contribution in [-0.4, -0.2) is 27.2 Å². The predicted octanol–water partition coefficient (Wildman–Crippen LogP) is 7.83. The van der Waals surface area contributed by atoms with Gasteiger partial charge in [0.05, 0.1) is 38.3 Å². The summed E-state index contributed by atoms with van der Waals surface area (Å²) < 4.78 is 110. The van der Waals surface area contributed by atoms with Gasteiger partial charge in [-0.1, -0.05) is 42.5 Å². The molecule has 0 amide bonds. The molecule has 0 atom stereocenters. The maximum Gasteiger partial charge on any atom is 0.416 e. The van der Waals surface area contributed by atoms with E-state index in [9.17, 15) is 34.8 Å². The average molecular weight is 613 g/mol. The molecule has 6 rings (SSSR count). The molecule has 4 aromatic carbocycles. The third kappa shape index (κ3) is 5.16. The molecule has 0 saturated carbocycles. The van der Waals surface area contributed by atoms with Crippen LogP contribution in [0.2, 0.25) is 0 Å². The number of alkyl halides is 6. The van der Waals surface area contributed by atoms with Crippen LogP contribution in [0.25, 0.3) is 39.4 Å². The normalized spacial score (nSPS) is 12.6. The lowest BCUT2D eigenvalue weighted by atomic mass is 10.1. The Morgan fingerprint density at radius 2 is 1.21 bits per heavy atom. The first kappa shape index (κ1) is 28.2. The molecule has 0 unspecified atom stereocenters. The molecule has 0 bridgehead atoms. The quantitative estimate of drug-likeness (QED) is 0.186. The number of benzene rings is 4. The van der Waals surface area contributed by atoms with Crippen LogP contribution in [0.5, 0.6) is 0 Å². The Balaban J connectivity index is 1.60. The van der Waals surface area contributed by atoms with Crippen molar-refractivity contribution in [3.05, 3.63) is 120 Å². The molecule has 43 heavy (non-hydrogen) atoms. The van der Waals surface area contributed by atoms with Crippen molar-refractivity contribution in [2.24, 2.45) is 0 Å². The van der Waals surface area contributed by atoms with E-state index in [2.05, 4.69) is 10.1 Å². The molecule has 6 aromatic rings. The molecule has 0 N–H and O–H groups in total. The summed E-state index contributed by atoms with van der Waals surface area (Å²) in [5.41, 5.74) is -0.360. The highest BCUT2D eigenvalue weighted by Crippen LogP contribution is 2.38. The number of para-hydroxylation sites is 3. The van der Waals surface area contributed by atoms with Crippen molar-refractivity contribution in [3.63, 3.8) is 0 Å². The van der Waals surface area contributed by atoms with E-state index < -0.39 is 38.4 Å². The molecule has 0 aliphatic heterocycles. The van der Waals surface area contributed by atoms with Gasteiger partial charge in [0, 0.05) is 11.8 Å². The number of halogens is 6. The highest BCUT2D eigenvalue weighted by atomic mass is 32.2. The second-order valence-electron chi connectivity index (χ2n) is 9.46. The number of nitrogens with zero attached hydrogens (tertiary/aromatic N) is 4. The fourth-order valence-electron chi connectivity index (χ4n) is 4.62. The minimum Gasteiger partial charge on any atom is -0.240 e. The van der Waals surface area contributed by atoms with Crippen molar-refractivity contribution in [2.75, 3.05) is 0 Å². The van der Waals surface area contributed by atoms with Crippen molar-refractivity contribution in [2.45, 2.75) is 17.2 Å². The fraction of sp³-hybridized carbons (Fsp3) is 0.0667. The summed E-state index contributed by atoms with van der Waals surface area (Å²) in [6.07, 6.45) is -7.74. The van der Waals surface area contributed by atoms with Gasteiger partial charge in [-0.25, -0.2) is 22.1 Å². The zero-order valence-corrected chi connectivity index (χ0v) is 22.5. The Kier molecular flexibility index (Phi) is 6.64. The van der Waals surface area contributed by atoms with Crippen LogP contribution in [0, 0.1) is 0 Å². The molecule has 0 fully saturated rings. The van der Waals surface area contributed by atoms with Crippen LogP contribution in [-0.2, 0) is 22.4 Å². The standard InChI is InChI=1S/C30H18F6N4O2S/c31-29(32,33)20-12-10-19(11-13-20)27-24(18-39(38-27)22-6-2-1-3-7-22)28-37-25-8-4-5-9-26(25)40(28)43(41,42)23-16-14-21(15-17-23)30(34,35)36/h1-18H. The van der Waals surface area contributed by atoms with Crippen LogP contribution < -0.4 is 0 Å². The van der Waals surface area contributed by atoms with Gasteiger partial charge in [0.2, 0.25) is 0 Å². The Hall–Kier alpha value is -4.91. The first-order valence-electron chi connectivity index (χ1n) is 12.6. The molecule has 0 spiro atoms. The Labute approximate surface area is 240 Å². The third-order valence-corrected chi connectivity index (χ3v) is 8.42. The zero-order chi connectivity index (χ0) is 30.6. The maximum atomic E-state index is 14.0. The summed E-state index contributed by atoms with van der Waals surface area (Å²) in [5, 5.41) is 4.59. The van der Waals surface area contributed by atoms with Gasteiger partial charge in [0.25, 0.3) is 10.0 Å². The molecule has 0 aliphatic carbocycles. The topological polar surface area (TPSA) is 69.8 Å². The van der Waals surface area contributed by atoms with Crippen molar-refractivity contribution >= 4 is 21.1 Å². The summed E-state index contributed by atoms with van der Waals surface area (Å²) in [7, 11) is -4.54. The second kappa shape index (κ2) is 10.1. The molecule has 0 saturated heterocycles. The van der Waals surface area contributed by atoms with Crippen molar-refractivity contribution < 1.29 is 34.8 Å². The largest absolute Gasteiger partial charge is 0.416 e. The van der Waals surface area contributed by atoms with E-state index in [-0.39, 0.29) is 33.7 Å². The maximum absolute atomic E-state index is 14.0. The van der Waals surface area contributed by atoms with E-state index in [1.807, 2.05) is 0 Å². The Morgan fingerprint density at radius 1 is 0.651 bits per heavy atom. The van der Waals surface area contributed by atoms with Crippen molar-refractivity contribution in [1.82, 2.24) is 18.7 Å². The SMILES string of the molecule is O=S(=O)(c1ccc(C(F)(F)F)cc1)n1c(-c2cn(-c3ccccc3)nc2-c2ccc(C(F)(F)F)cc2)nc2ccccc21. The predicted molar refractivity (Wildman–Crippen MR) is 147 cm³/mol. The number of hydrogen-bond donors (Lipinski definition) is 0. The molecule has 0 aliphatic rings. The van der Waals surface area contributed by atoms with Gasteiger partial charge in [-0.05, 0) is 60.7 Å². The van der Waals surface area contributed by atoms with Crippen molar-refractivity contribution in [3.8, 4) is 28.3 Å². The monoisotopic (exact) mass is 612 g/mol. The first-order chi connectivity index (χ1) is 20.3. The van der Waals surface area contributed by atoms with Gasteiger partial charge in [0.1, 0.15) is 5.69 Å². The van der Waals surface area contributed by atoms with Crippen LogP contribution in [0.1, 0.15) is 11.1 Å². The molecule has 13 heteroatoms. The Morgan fingerprint density at radius 3 is 1.81 bits per heavy atom. The summed E-state index contributed by atoms with van der Waals surface area (Å²) in [6, 6.07) is 22.3. The number of imidazole rings is 1. The second-order valence-corrected chi connectivity index (χ2v) is 11.2. The molecule has 6 nitrogen and oxygen atoms in total. The lowest BCUT2D eigenvalue weighted by Gasteiger charge is -2.12. The van der Waals surface area contributed by atoms with Crippen LogP contribution in [0.3, 0.4) is 0 Å².